The number of nitrogens with one attached hydrogen (secondary N) is 1. The standard InChI is InChI=1S/C17H19N7O3.2CH2O2/c1-22-8-3-14(21-22)20-16(26)17(24-7-2-6-19-24)4-9-23(10-5-17)15(25)13-11-27-12-18-13;2*2-1-3/h2-3,6-8,11-12H,4-5,9-10H2,1H3,(H,20,21,26);2*1H,(H,2,3). The van der Waals surface area contributed by atoms with Gasteiger partial charge in [0.25, 0.3) is 24.8 Å². The van der Waals surface area contributed by atoms with Crippen molar-refractivity contribution in [2.45, 2.75) is 18.4 Å². The number of piperidine rings is 1. The average Bonchev–Trinajstić information content (AvgIpc) is 3.58. The first-order chi connectivity index (χ1) is 15.9. The quantitative estimate of drug-likeness (QED) is 0.455. The van der Waals surface area contributed by atoms with Crippen LogP contribution in [0, 0.1) is 0 Å². The van der Waals surface area contributed by atoms with Crippen LogP contribution in [0.5, 0.6) is 0 Å². The molecular formula is C19H23N7O7. The summed E-state index contributed by atoms with van der Waals surface area (Å²) in [5.41, 5.74) is -0.624. The number of nitrogens with zero attached hydrogens (tertiary/aromatic N) is 6. The van der Waals surface area contributed by atoms with E-state index < -0.39 is 5.54 Å². The van der Waals surface area contributed by atoms with Crippen LogP contribution in [0.4, 0.5) is 5.82 Å². The Balaban J connectivity index is 0.000000582. The second kappa shape index (κ2) is 11.8. The summed E-state index contributed by atoms with van der Waals surface area (Å²) in [4.78, 5) is 47.9. The normalized spacial score (nSPS) is 14.0. The van der Waals surface area contributed by atoms with E-state index in [2.05, 4.69) is 20.5 Å². The van der Waals surface area contributed by atoms with Gasteiger partial charge >= 0.3 is 0 Å². The lowest BCUT2D eigenvalue weighted by Crippen LogP contribution is -2.54. The van der Waals surface area contributed by atoms with Gasteiger partial charge in [-0.25, -0.2) is 4.98 Å². The Morgan fingerprint density at radius 3 is 2.33 bits per heavy atom. The predicted molar refractivity (Wildman–Crippen MR) is 111 cm³/mol. The summed E-state index contributed by atoms with van der Waals surface area (Å²) in [5, 5.41) is 25.2. The molecular weight excluding hydrogens is 438 g/mol. The summed E-state index contributed by atoms with van der Waals surface area (Å²) < 4.78 is 8.18. The van der Waals surface area contributed by atoms with E-state index in [0.29, 0.717) is 31.7 Å². The summed E-state index contributed by atoms with van der Waals surface area (Å²) in [6.07, 6.45) is 8.58. The van der Waals surface area contributed by atoms with Gasteiger partial charge in [0.15, 0.2) is 17.9 Å². The lowest BCUT2D eigenvalue weighted by atomic mass is 9.86. The summed E-state index contributed by atoms with van der Waals surface area (Å²) >= 11 is 0. The van der Waals surface area contributed by atoms with Gasteiger partial charge in [-0.3, -0.25) is 28.5 Å². The molecule has 4 rings (SSSR count). The lowest BCUT2D eigenvalue weighted by Gasteiger charge is -2.40. The molecule has 1 aliphatic rings. The first kappa shape index (κ1) is 24.8. The van der Waals surface area contributed by atoms with Crippen LogP contribution in [-0.4, -0.2) is 77.5 Å². The van der Waals surface area contributed by atoms with Crippen LogP contribution in [-0.2, 0) is 27.0 Å². The second-order valence-corrected chi connectivity index (χ2v) is 6.69. The van der Waals surface area contributed by atoms with Gasteiger partial charge in [0.2, 0.25) is 0 Å². The van der Waals surface area contributed by atoms with Crippen molar-refractivity contribution in [1.29, 1.82) is 0 Å². The van der Waals surface area contributed by atoms with Crippen LogP contribution in [0.1, 0.15) is 23.3 Å². The smallest absolute Gasteiger partial charge is 0.290 e. The molecule has 0 atom stereocenters. The van der Waals surface area contributed by atoms with E-state index >= 15 is 0 Å². The zero-order valence-corrected chi connectivity index (χ0v) is 17.6. The first-order valence-electron chi connectivity index (χ1n) is 9.56. The van der Waals surface area contributed by atoms with Crippen LogP contribution in [0.15, 0.2) is 47.8 Å². The minimum absolute atomic E-state index is 0.196. The largest absolute Gasteiger partial charge is 0.483 e. The molecule has 14 nitrogen and oxygen atoms in total. The van der Waals surface area contributed by atoms with E-state index in [4.69, 9.17) is 24.2 Å². The van der Waals surface area contributed by atoms with Gasteiger partial charge < -0.3 is 24.8 Å². The fourth-order valence-corrected chi connectivity index (χ4v) is 3.36. The Morgan fingerprint density at radius 2 is 1.85 bits per heavy atom. The van der Waals surface area contributed by atoms with Crippen molar-refractivity contribution in [3.8, 4) is 0 Å². The molecule has 4 heterocycles. The Bertz CT molecular complexity index is 1020. The highest BCUT2D eigenvalue weighted by molar-refractivity contribution is 5.96. The minimum atomic E-state index is -0.887. The van der Waals surface area contributed by atoms with Crippen molar-refractivity contribution in [1.82, 2.24) is 29.4 Å². The average molecular weight is 461 g/mol. The molecule has 0 aromatic carbocycles. The third-order valence-corrected chi connectivity index (χ3v) is 4.85. The van der Waals surface area contributed by atoms with E-state index in [0.717, 1.165) is 0 Å². The second-order valence-electron chi connectivity index (χ2n) is 6.69. The summed E-state index contributed by atoms with van der Waals surface area (Å²) in [6.45, 7) is 0.308. The monoisotopic (exact) mass is 461 g/mol. The molecule has 1 fully saturated rings. The number of carbonyl (C=O) groups excluding carboxylic acids is 2. The zero-order chi connectivity index (χ0) is 24.3. The number of aryl methyl sites for hydroxylation is 1. The molecule has 3 aromatic rings. The first-order valence-corrected chi connectivity index (χ1v) is 9.56. The summed E-state index contributed by atoms with van der Waals surface area (Å²) in [6, 6.07) is 3.51. The molecule has 0 bridgehead atoms. The summed E-state index contributed by atoms with van der Waals surface area (Å²) in [5.74, 6) is 0.0801. The number of hydrogen-bond donors (Lipinski definition) is 3. The van der Waals surface area contributed by atoms with Gasteiger partial charge in [-0.05, 0) is 18.9 Å². The van der Waals surface area contributed by atoms with Crippen LogP contribution in [0.3, 0.4) is 0 Å². The molecule has 33 heavy (non-hydrogen) atoms. The molecule has 1 aliphatic heterocycles. The maximum absolute atomic E-state index is 13.2. The van der Waals surface area contributed by atoms with E-state index in [1.165, 1.54) is 12.7 Å². The Labute approximate surface area is 187 Å². The van der Waals surface area contributed by atoms with Gasteiger partial charge in [-0.15, -0.1) is 0 Å². The molecule has 176 valence electrons. The van der Waals surface area contributed by atoms with E-state index in [1.54, 1.807) is 52.0 Å². The summed E-state index contributed by atoms with van der Waals surface area (Å²) in [7, 11) is 1.78. The molecule has 0 spiro atoms. The molecule has 0 saturated carbocycles. The van der Waals surface area contributed by atoms with E-state index in [9.17, 15) is 9.59 Å². The number of hydrogen-bond acceptors (Lipinski definition) is 8. The van der Waals surface area contributed by atoms with Crippen LogP contribution >= 0.6 is 0 Å². The minimum Gasteiger partial charge on any atom is -0.483 e. The van der Waals surface area contributed by atoms with Crippen molar-refractivity contribution >= 4 is 30.6 Å². The van der Waals surface area contributed by atoms with Gasteiger partial charge in [0.1, 0.15) is 11.8 Å². The Hall–Kier alpha value is -4.49. The molecule has 0 radical (unpaired) electrons. The third-order valence-electron chi connectivity index (χ3n) is 4.85. The van der Waals surface area contributed by atoms with Crippen molar-refractivity contribution in [3.63, 3.8) is 0 Å². The Morgan fingerprint density at radius 1 is 1.18 bits per heavy atom. The van der Waals surface area contributed by atoms with Crippen molar-refractivity contribution in [3.05, 3.63) is 49.1 Å². The maximum atomic E-state index is 13.2. The number of carboxylic acid groups (broad SMARTS) is 2. The number of rotatable bonds is 4. The van der Waals surface area contributed by atoms with Gasteiger partial charge in [0.05, 0.1) is 0 Å². The van der Waals surface area contributed by atoms with Crippen molar-refractivity contribution in [2.24, 2.45) is 7.05 Å². The molecule has 0 aliphatic carbocycles. The highest BCUT2D eigenvalue weighted by Crippen LogP contribution is 2.31. The van der Waals surface area contributed by atoms with E-state index in [-0.39, 0.29) is 30.5 Å². The number of likely N-dealkylation sites (tertiary alicyclic amines) is 1. The van der Waals surface area contributed by atoms with E-state index in [1.807, 2.05) is 0 Å². The molecule has 1 saturated heterocycles. The molecule has 3 aromatic heterocycles. The highest BCUT2D eigenvalue weighted by atomic mass is 16.3. The number of carbonyl (C=O) groups is 4. The topological polar surface area (TPSA) is 186 Å². The number of anilines is 1. The van der Waals surface area contributed by atoms with Crippen LogP contribution in [0.25, 0.3) is 0 Å². The van der Waals surface area contributed by atoms with Gasteiger partial charge in [-0.1, -0.05) is 0 Å². The molecule has 0 unspecified atom stereocenters. The fourth-order valence-electron chi connectivity index (χ4n) is 3.36. The number of oxazole rings is 1. The van der Waals surface area contributed by atoms with Gasteiger partial charge in [0, 0.05) is 44.8 Å². The lowest BCUT2D eigenvalue weighted by molar-refractivity contribution is -0.127. The highest BCUT2D eigenvalue weighted by Gasteiger charge is 2.45. The third kappa shape index (κ3) is 6.03. The van der Waals surface area contributed by atoms with Crippen LogP contribution < -0.4 is 5.32 Å². The molecule has 14 heteroatoms. The SMILES string of the molecule is Cn1ccc(NC(=O)C2(n3cccn3)CCN(C(=O)c3cocn3)CC2)n1.O=CO.O=CO. The van der Waals surface area contributed by atoms with Crippen molar-refractivity contribution < 1.29 is 33.8 Å². The predicted octanol–water partition coefficient (Wildman–Crippen LogP) is 0.276. The molecule has 2 amide bonds. The maximum Gasteiger partial charge on any atom is 0.290 e. The number of amides is 2. The zero-order valence-electron chi connectivity index (χ0n) is 17.6. The number of aromatic nitrogens is 5. The van der Waals surface area contributed by atoms with Gasteiger partial charge in [-0.2, -0.15) is 10.2 Å². The van der Waals surface area contributed by atoms with Crippen molar-refractivity contribution in [2.75, 3.05) is 18.4 Å². The van der Waals surface area contributed by atoms with Crippen LogP contribution in [0.2, 0.25) is 0 Å². The Kier molecular flexibility index (Phi) is 8.85. The fraction of sp³-hybridized carbons (Fsp3) is 0.316. The molecule has 3 N–H and O–H groups in total.